The molecule has 2 heterocycles. The number of nitrogens with zero attached hydrogens (tertiary/aromatic N) is 2. The van der Waals surface area contributed by atoms with Crippen LogP contribution in [-0.2, 0) is 4.79 Å². The number of rotatable bonds is 5. The topological polar surface area (TPSA) is 56.9 Å². The minimum Gasteiger partial charge on any atom is -0.481 e. The number of carboxylic acids is 1. The van der Waals surface area contributed by atoms with Gasteiger partial charge in [0.25, 0.3) is 0 Å². The minimum absolute atomic E-state index is 0.0605. The van der Waals surface area contributed by atoms with Crippen LogP contribution in [0.25, 0.3) is 0 Å². The molecule has 0 aromatic carbocycles. The number of furan rings is 1. The van der Waals surface area contributed by atoms with Gasteiger partial charge in [-0.1, -0.05) is 0 Å². The zero-order chi connectivity index (χ0) is 13.8. The Balaban J connectivity index is 1.99. The Kier molecular flexibility index (Phi) is 4.61. The van der Waals surface area contributed by atoms with Crippen LogP contribution in [0.1, 0.15) is 23.9 Å². The Bertz CT molecular complexity index is 422. The van der Waals surface area contributed by atoms with Gasteiger partial charge in [0.2, 0.25) is 0 Å². The summed E-state index contributed by atoms with van der Waals surface area (Å²) < 4.78 is 5.61. The normalized spacial score (nSPS) is 19.5. The first kappa shape index (κ1) is 14.1. The van der Waals surface area contributed by atoms with E-state index in [2.05, 4.69) is 16.8 Å². The molecule has 1 fully saturated rings. The second kappa shape index (κ2) is 6.21. The van der Waals surface area contributed by atoms with Crippen molar-refractivity contribution in [2.45, 2.75) is 19.3 Å². The largest absolute Gasteiger partial charge is 0.481 e. The van der Waals surface area contributed by atoms with Crippen molar-refractivity contribution in [3.05, 3.63) is 23.7 Å². The first-order chi connectivity index (χ1) is 9.04. The van der Waals surface area contributed by atoms with Crippen molar-refractivity contribution in [1.82, 2.24) is 9.80 Å². The summed E-state index contributed by atoms with van der Waals surface area (Å²) >= 11 is 0. The predicted octanol–water partition coefficient (Wildman–Crippen LogP) is 1.39. The number of carboxylic acid groups (broad SMARTS) is 1. The average Bonchev–Trinajstić information content (AvgIpc) is 2.77. The first-order valence-corrected chi connectivity index (χ1v) is 6.73. The molecule has 5 nitrogen and oxygen atoms in total. The fourth-order valence-corrected chi connectivity index (χ4v) is 2.48. The van der Waals surface area contributed by atoms with Crippen LogP contribution in [0.3, 0.4) is 0 Å². The van der Waals surface area contributed by atoms with E-state index in [4.69, 9.17) is 9.52 Å². The van der Waals surface area contributed by atoms with E-state index in [0.717, 1.165) is 44.2 Å². The van der Waals surface area contributed by atoms with Gasteiger partial charge >= 0.3 is 5.97 Å². The second-order valence-electron chi connectivity index (χ2n) is 5.35. The fourth-order valence-electron chi connectivity index (χ4n) is 2.48. The molecule has 0 amide bonds. The molecule has 1 aliphatic rings. The molecule has 0 aliphatic carbocycles. The third-order valence-corrected chi connectivity index (χ3v) is 3.66. The predicted molar refractivity (Wildman–Crippen MR) is 72.4 cm³/mol. The van der Waals surface area contributed by atoms with Crippen molar-refractivity contribution in [3.8, 4) is 0 Å². The molecular formula is C14H22N2O3. The summed E-state index contributed by atoms with van der Waals surface area (Å²) in [6, 6.07) is 3.80. The van der Waals surface area contributed by atoms with Gasteiger partial charge in [-0.2, -0.15) is 0 Å². The van der Waals surface area contributed by atoms with E-state index in [-0.39, 0.29) is 12.3 Å². The lowest BCUT2D eigenvalue weighted by Crippen LogP contribution is -2.45. The Morgan fingerprint density at radius 3 is 2.58 bits per heavy atom. The van der Waals surface area contributed by atoms with Crippen LogP contribution in [0, 0.1) is 6.92 Å². The Labute approximate surface area is 113 Å². The van der Waals surface area contributed by atoms with E-state index in [1.807, 2.05) is 19.1 Å². The molecule has 1 saturated heterocycles. The van der Waals surface area contributed by atoms with Crippen molar-refractivity contribution in [3.63, 3.8) is 0 Å². The van der Waals surface area contributed by atoms with E-state index in [1.54, 1.807) is 0 Å². The highest BCUT2D eigenvalue weighted by Gasteiger charge is 2.23. The third kappa shape index (κ3) is 4.08. The smallest absolute Gasteiger partial charge is 0.304 e. The second-order valence-corrected chi connectivity index (χ2v) is 5.35. The summed E-state index contributed by atoms with van der Waals surface area (Å²) in [5.41, 5.74) is 0. The molecule has 0 radical (unpaired) electrons. The van der Waals surface area contributed by atoms with Gasteiger partial charge in [0.1, 0.15) is 11.5 Å². The quantitative estimate of drug-likeness (QED) is 0.873. The van der Waals surface area contributed by atoms with Gasteiger partial charge in [0.05, 0.1) is 6.42 Å². The molecule has 106 valence electrons. The fraction of sp³-hybridized carbons (Fsp3) is 0.643. The standard InChI is InChI=1S/C14H22N2O3/c1-11-3-4-13(19-11)12(9-14(17)18)10-16-7-5-15(2)6-8-16/h3-4,12H,5-10H2,1-2H3,(H,17,18). The van der Waals surface area contributed by atoms with Gasteiger partial charge in [-0.3, -0.25) is 4.79 Å². The summed E-state index contributed by atoms with van der Waals surface area (Å²) in [5, 5.41) is 9.06. The monoisotopic (exact) mass is 266 g/mol. The SMILES string of the molecule is Cc1ccc(C(CC(=O)O)CN2CCN(C)CC2)o1. The Hall–Kier alpha value is -1.33. The van der Waals surface area contributed by atoms with E-state index < -0.39 is 5.97 Å². The maximum absolute atomic E-state index is 11.0. The van der Waals surface area contributed by atoms with Gasteiger partial charge in [0.15, 0.2) is 0 Å². The highest BCUT2D eigenvalue weighted by atomic mass is 16.4. The number of carbonyl (C=O) groups is 1. The van der Waals surface area contributed by atoms with Crippen LogP contribution in [0.2, 0.25) is 0 Å². The van der Waals surface area contributed by atoms with Gasteiger partial charge in [0, 0.05) is 38.6 Å². The third-order valence-electron chi connectivity index (χ3n) is 3.66. The van der Waals surface area contributed by atoms with Crippen molar-refractivity contribution in [1.29, 1.82) is 0 Å². The van der Waals surface area contributed by atoms with Gasteiger partial charge in [-0.25, -0.2) is 0 Å². The first-order valence-electron chi connectivity index (χ1n) is 6.73. The molecule has 5 heteroatoms. The molecule has 1 unspecified atom stereocenters. The lowest BCUT2D eigenvalue weighted by molar-refractivity contribution is -0.137. The summed E-state index contributed by atoms with van der Waals surface area (Å²) in [6.45, 7) is 6.71. The molecule has 0 bridgehead atoms. The highest BCUT2D eigenvalue weighted by Crippen LogP contribution is 2.23. The molecule has 19 heavy (non-hydrogen) atoms. The van der Waals surface area contributed by atoms with Crippen LogP contribution in [0.5, 0.6) is 0 Å². The molecule has 2 rings (SSSR count). The summed E-state index contributed by atoms with van der Waals surface area (Å²) in [6.07, 6.45) is 0.124. The number of aryl methyl sites for hydroxylation is 1. The van der Waals surface area contributed by atoms with Crippen molar-refractivity contribution in [2.75, 3.05) is 39.8 Å². The van der Waals surface area contributed by atoms with Gasteiger partial charge in [-0.05, 0) is 26.1 Å². The number of likely N-dealkylation sites (N-methyl/N-ethyl adjacent to an activating group) is 1. The maximum atomic E-state index is 11.0. The summed E-state index contributed by atoms with van der Waals surface area (Å²) in [4.78, 5) is 15.6. The zero-order valence-electron chi connectivity index (χ0n) is 11.6. The summed E-state index contributed by atoms with van der Waals surface area (Å²) in [7, 11) is 2.11. The maximum Gasteiger partial charge on any atom is 0.304 e. The van der Waals surface area contributed by atoms with E-state index >= 15 is 0 Å². The van der Waals surface area contributed by atoms with Gasteiger partial charge in [-0.15, -0.1) is 0 Å². The number of hydrogen-bond acceptors (Lipinski definition) is 4. The molecule has 0 spiro atoms. The molecule has 1 aromatic rings. The lowest BCUT2D eigenvalue weighted by atomic mass is 10.0. The average molecular weight is 266 g/mol. The highest BCUT2D eigenvalue weighted by molar-refractivity contribution is 5.67. The van der Waals surface area contributed by atoms with Crippen molar-refractivity contribution in [2.24, 2.45) is 0 Å². The van der Waals surface area contributed by atoms with E-state index in [1.165, 1.54) is 0 Å². The molecule has 1 atom stereocenters. The number of hydrogen-bond donors (Lipinski definition) is 1. The van der Waals surface area contributed by atoms with Gasteiger partial charge < -0.3 is 19.3 Å². The van der Waals surface area contributed by atoms with Crippen LogP contribution in [0.4, 0.5) is 0 Å². The number of piperazine rings is 1. The molecular weight excluding hydrogens is 244 g/mol. The lowest BCUT2D eigenvalue weighted by Gasteiger charge is -2.34. The Morgan fingerprint density at radius 2 is 2.05 bits per heavy atom. The number of aliphatic carboxylic acids is 1. The van der Waals surface area contributed by atoms with Crippen LogP contribution in [-0.4, -0.2) is 60.6 Å². The van der Waals surface area contributed by atoms with Crippen LogP contribution >= 0.6 is 0 Å². The molecule has 1 aromatic heterocycles. The minimum atomic E-state index is -0.770. The van der Waals surface area contributed by atoms with Crippen molar-refractivity contribution < 1.29 is 14.3 Å². The molecule has 1 N–H and O–H groups in total. The van der Waals surface area contributed by atoms with Crippen LogP contribution < -0.4 is 0 Å². The molecule has 0 saturated carbocycles. The molecule has 1 aliphatic heterocycles. The Morgan fingerprint density at radius 1 is 1.37 bits per heavy atom. The van der Waals surface area contributed by atoms with Crippen LogP contribution in [0.15, 0.2) is 16.5 Å². The van der Waals surface area contributed by atoms with E-state index in [0.29, 0.717) is 0 Å². The zero-order valence-corrected chi connectivity index (χ0v) is 11.6. The van der Waals surface area contributed by atoms with Crippen molar-refractivity contribution >= 4 is 5.97 Å². The summed E-state index contributed by atoms with van der Waals surface area (Å²) in [5.74, 6) is 0.797. The van der Waals surface area contributed by atoms with E-state index in [9.17, 15) is 4.79 Å².